The summed E-state index contributed by atoms with van der Waals surface area (Å²) in [5.74, 6) is -1.73. The molecule has 0 saturated carbocycles. The molecule has 0 aliphatic carbocycles. The standard InChI is InChI=1S/C12H13ClF3NO4S2.CH4.Na/c1-11(19,12(14,15)16)10(18)17-6-4-5-7(23(3,20)21)9(22-2)8(6)13;;/h4-5,19H,1-3H3,(H,17,18);1H4;. The normalized spacial score (nSPS) is 13.9. The average molecular weight is 431 g/mol. The van der Waals surface area contributed by atoms with Crippen LogP contribution in [0.15, 0.2) is 21.9 Å². The van der Waals surface area contributed by atoms with Crippen molar-refractivity contribution in [1.29, 1.82) is 0 Å². The van der Waals surface area contributed by atoms with Gasteiger partial charge in [0.15, 0.2) is 9.84 Å². The first kappa shape index (κ1) is 27.3. The van der Waals surface area contributed by atoms with E-state index >= 15 is 0 Å². The number of nitrogens with one attached hydrogen (secondary N) is 1. The second-order valence-corrected chi connectivity index (χ2v) is 7.93. The molecule has 0 aliphatic heterocycles. The predicted molar refractivity (Wildman–Crippen MR) is 94.1 cm³/mol. The Hall–Kier alpha value is 0.0300. The summed E-state index contributed by atoms with van der Waals surface area (Å²) in [7, 11) is -3.61. The molecule has 2 N–H and O–H groups in total. The van der Waals surface area contributed by atoms with Crippen LogP contribution in [0.2, 0.25) is 5.02 Å². The van der Waals surface area contributed by atoms with Crippen molar-refractivity contribution in [2.45, 2.75) is 35.9 Å². The molecule has 1 aromatic carbocycles. The molecule has 1 rings (SSSR count). The van der Waals surface area contributed by atoms with Crippen molar-refractivity contribution in [3.8, 4) is 0 Å². The van der Waals surface area contributed by atoms with E-state index < -0.39 is 27.5 Å². The van der Waals surface area contributed by atoms with Crippen molar-refractivity contribution >= 4 is 74.4 Å². The molecule has 0 fully saturated rings. The van der Waals surface area contributed by atoms with E-state index in [1.807, 2.05) is 5.32 Å². The van der Waals surface area contributed by atoms with Gasteiger partial charge in [0.2, 0.25) is 5.60 Å². The molecule has 0 heterocycles. The minimum atomic E-state index is -5.18. The summed E-state index contributed by atoms with van der Waals surface area (Å²) in [4.78, 5) is 11.6. The summed E-state index contributed by atoms with van der Waals surface area (Å²) < 4.78 is 61.2. The second kappa shape index (κ2) is 9.29. The van der Waals surface area contributed by atoms with E-state index in [-0.39, 0.29) is 57.5 Å². The maximum atomic E-state index is 12.6. The Morgan fingerprint density at radius 2 is 1.80 bits per heavy atom. The molecule has 12 heteroatoms. The summed E-state index contributed by atoms with van der Waals surface area (Å²) in [5, 5.41) is 10.9. The van der Waals surface area contributed by atoms with Crippen LogP contribution in [0.25, 0.3) is 0 Å². The number of benzene rings is 1. The van der Waals surface area contributed by atoms with Gasteiger partial charge in [0.1, 0.15) is 0 Å². The molecule has 0 aromatic heterocycles. The second-order valence-electron chi connectivity index (χ2n) is 4.75. The van der Waals surface area contributed by atoms with Gasteiger partial charge in [-0.1, -0.05) is 19.0 Å². The first-order valence-corrected chi connectivity index (χ1v) is 9.40. The van der Waals surface area contributed by atoms with E-state index in [2.05, 4.69) is 0 Å². The fourth-order valence-corrected chi connectivity index (χ4v) is 4.01. The molecule has 1 amide bonds. The van der Waals surface area contributed by atoms with Gasteiger partial charge < -0.3 is 10.4 Å². The van der Waals surface area contributed by atoms with Crippen molar-refractivity contribution in [3.05, 3.63) is 17.2 Å². The Morgan fingerprint density at radius 1 is 1.32 bits per heavy atom. The zero-order chi connectivity index (χ0) is 18.2. The molecule has 5 nitrogen and oxygen atoms in total. The number of hydrogen-bond acceptors (Lipinski definition) is 5. The van der Waals surface area contributed by atoms with Gasteiger partial charge in [0, 0.05) is 40.7 Å². The molecule has 139 valence electrons. The van der Waals surface area contributed by atoms with Crippen molar-refractivity contribution in [2.75, 3.05) is 17.8 Å². The van der Waals surface area contributed by atoms with Gasteiger partial charge in [0.05, 0.1) is 15.6 Å². The van der Waals surface area contributed by atoms with Crippen LogP contribution in [-0.2, 0) is 14.6 Å². The van der Waals surface area contributed by atoms with Crippen molar-refractivity contribution in [3.63, 3.8) is 0 Å². The smallest absolute Gasteiger partial charge is 0.373 e. The van der Waals surface area contributed by atoms with Crippen LogP contribution in [-0.4, -0.2) is 73.3 Å². The number of aliphatic hydroxyl groups is 1. The monoisotopic (exact) mass is 430 g/mol. The maximum absolute atomic E-state index is 12.6. The number of hydrogen-bond donors (Lipinski definition) is 2. The van der Waals surface area contributed by atoms with Crippen LogP contribution < -0.4 is 5.32 Å². The summed E-state index contributed by atoms with van der Waals surface area (Å²) in [6.45, 7) is 0.302. The van der Waals surface area contributed by atoms with Crippen molar-refractivity contribution in [2.24, 2.45) is 0 Å². The molecule has 25 heavy (non-hydrogen) atoms. The zero-order valence-electron chi connectivity index (χ0n) is 13.2. The molecule has 1 atom stereocenters. The van der Waals surface area contributed by atoms with Gasteiger partial charge in [-0.25, -0.2) is 8.42 Å². The SMILES string of the molecule is C.CSc1c(S(C)(=O)=O)ccc(NC(=O)C(C)(O)C(F)(F)F)c1Cl.[Na]. The van der Waals surface area contributed by atoms with Gasteiger partial charge in [-0.05, 0) is 25.3 Å². The topological polar surface area (TPSA) is 83.5 Å². The summed E-state index contributed by atoms with van der Waals surface area (Å²) >= 11 is 6.92. The van der Waals surface area contributed by atoms with E-state index in [4.69, 9.17) is 11.6 Å². The van der Waals surface area contributed by atoms with Crippen LogP contribution in [0, 0.1) is 0 Å². The van der Waals surface area contributed by atoms with Gasteiger partial charge in [-0.3, -0.25) is 4.79 Å². The van der Waals surface area contributed by atoms with Crippen LogP contribution in [0.3, 0.4) is 0 Å². The minimum Gasteiger partial charge on any atom is -0.373 e. The van der Waals surface area contributed by atoms with Crippen LogP contribution in [0.1, 0.15) is 14.4 Å². The third-order valence-electron chi connectivity index (χ3n) is 2.91. The van der Waals surface area contributed by atoms with Gasteiger partial charge in [-0.2, -0.15) is 13.2 Å². The fourth-order valence-electron chi connectivity index (χ4n) is 1.49. The third kappa shape index (κ3) is 6.02. The summed E-state index contributed by atoms with van der Waals surface area (Å²) in [6.07, 6.45) is -2.71. The number of alkyl halides is 3. The van der Waals surface area contributed by atoms with Gasteiger partial charge in [0.25, 0.3) is 5.91 Å². The molecule has 0 aliphatic rings. The number of sulfone groups is 1. The van der Waals surface area contributed by atoms with E-state index in [1.165, 1.54) is 6.26 Å². The van der Waals surface area contributed by atoms with Crippen molar-refractivity contribution in [1.82, 2.24) is 0 Å². The Morgan fingerprint density at radius 3 is 2.16 bits per heavy atom. The van der Waals surface area contributed by atoms with E-state index in [0.717, 1.165) is 30.2 Å². The van der Waals surface area contributed by atoms with E-state index in [1.54, 1.807) is 0 Å². The Kier molecular flexibility index (Phi) is 10.1. The number of halogens is 4. The van der Waals surface area contributed by atoms with Crippen LogP contribution in [0.4, 0.5) is 18.9 Å². The van der Waals surface area contributed by atoms with Crippen molar-refractivity contribution < 1.29 is 31.5 Å². The largest absolute Gasteiger partial charge is 0.426 e. The molecule has 1 unspecified atom stereocenters. The molecule has 1 radical (unpaired) electrons. The first-order valence-electron chi connectivity index (χ1n) is 5.90. The van der Waals surface area contributed by atoms with Crippen LogP contribution in [0.5, 0.6) is 0 Å². The molecular weight excluding hydrogens is 414 g/mol. The Bertz CT molecular complexity index is 740. The summed E-state index contributed by atoms with van der Waals surface area (Å²) in [6, 6.07) is 2.17. The summed E-state index contributed by atoms with van der Waals surface area (Å²) in [5.41, 5.74) is -3.86. The molecule has 1 aromatic rings. The number of anilines is 1. The number of thioether (sulfide) groups is 1. The quantitative estimate of drug-likeness (QED) is 0.567. The van der Waals surface area contributed by atoms with E-state index in [9.17, 15) is 31.5 Å². The minimum absolute atomic E-state index is 0. The molecule has 0 bridgehead atoms. The first-order chi connectivity index (χ1) is 10.2. The van der Waals surface area contributed by atoms with E-state index in [0.29, 0.717) is 6.92 Å². The molecule has 0 spiro atoms. The number of carbonyl (C=O) groups is 1. The van der Waals surface area contributed by atoms with Gasteiger partial charge >= 0.3 is 6.18 Å². The average Bonchev–Trinajstić information content (AvgIpc) is 2.37. The number of amides is 1. The predicted octanol–water partition coefficient (Wildman–Crippen LogP) is 2.97. The molecular formula is C13H17ClF3NNaO4S2. The van der Waals surface area contributed by atoms with Crippen LogP contribution >= 0.6 is 23.4 Å². The zero-order valence-corrected chi connectivity index (χ0v) is 17.5. The maximum Gasteiger partial charge on any atom is 0.426 e. The fraction of sp³-hybridized carbons (Fsp3) is 0.462. The Balaban J connectivity index is 0. The van der Waals surface area contributed by atoms with Gasteiger partial charge in [-0.15, -0.1) is 11.8 Å². The number of rotatable bonds is 4. The third-order valence-corrected chi connectivity index (χ3v) is 5.51. The number of carbonyl (C=O) groups excluding carboxylic acids is 1. The Labute approximate surface area is 175 Å². The molecule has 0 saturated heterocycles.